The molecule has 1 heteroatoms. The number of hydrogen-bond donors (Lipinski definition) is 1. The van der Waals surface area contributed by atoms with E-state index in [0.717, 1.165) is 11.8 Å². The predicted octanol–water partition coefficient (Wildman–Crippen LogP) is 3.29. The highest BCUT2D eigenvalue weighted by atomic mass is 14.7. The van der Waals surface area contributed by atoms with E-state index in [1.165, 1.54) is 30.4 Å². The molecule has 0 amide bonds. The Kier molecular flexibility index (Phi) is 3.11. The second-order valence-corrected chi connectivity index (χ2v) is 4.89. The summed E-state index contributed by atoms with van der Waals surface area (Å²) in [5, 5.41) is 0. The zero-order valence-corrected chi connectivity index (χ0v) is 9.74. The lowest BCUT2D eigenvalue weighted by Crippen LogP contribution is -2.13. The van der Waals surface area contributed by atoms with Crippen LogP contribution in [0.15, 0.2) is 24.3 Å². The van der Waals surface area contributed by atoms with Crippen LogP contribution in [0.4, 0.5) is 0 Å². The average molecular weight is 203 g/mol. The maximum absolute atomic E-state index is 6.21. The Balaban J connectivity index is 2.03. The molecule has 1 nitrogen and oxygen atoms in total. The van der Waals surface area contributed by atoms with E-state index in [1.807, 2.05) is 0 Å². The van der Waals surface area contributed by atoms with E-state index in [9.17, 15) is 0 Å². The number of benzene rings is 1. The van der Waals surface area contributed by atoms with Gasteiger partial charge in [0.15, 0.2) is 0 Å². The molecular weight excluding hydrogens is 182 g/mol. The molecule has 0 aromatic heterocycles. The van der Waals surface area contributed by atoms with Gasteiger partial charge < -0.3 is 5.73 Å². The van der Waals surface area contributed by atoms with Crippen molar-refractivity contribution in [2.45, 2.75) is 39.2 Å². The molecule has 0 radical (unpaired) electrons. The van der Waals surface area contributed by atoms with Gasteiger partial charge in [-0.15, -0.1) is 0 Å². The average Bonchev–Trinajstić information content (AvgIpc) is 2.96. The normalized spacial score (nSPS) is 26.3. The van der Waals surface area contributed by atoms with Crippen molar-refractivity contribution in [3.05, 3.63) is 35.4 Å². The minimum Gasteiger partial charge on any atom is -0.324 e. The topological polar surface area (TPSA) is 26.0 Å². The molecule has 1 aliphatic rings. The number of hydrogen-bond acceptors (Lipinski definition) is 1. The van der Waals surface area contributed by atoms with Gasteiger partial charge in [-0.05, 0) is 35.8 Å². The molecule has 0 bridgehead atoms. The van der Waals surface area contributed by atoms with Crippen molar-refractivity contribution in [1.29, 1.82) is 0 Å². The Morgan fingerprint density at radius 3 is 2.40 bits per heavy atom. The van der Waals surface area contributed by atoms with Gasteiger partial charge in [-0.3, -0.25) is 0 Å². The molecule has 15 heavy (non-hydrogen) atoms. The van der Waals surface area contributed by atoms with Crippen molar-refractivity contribution in [2.24, 2.45) is 17.6 Å². The quantitative estimate of drug-likeness (QED) is 0.798. The Hall–Kier alpha value is -0.820. The number of rotatable bonds is 4. The minimum atomic E-state index is 0.260. The van der Waals surface area contributed by atoms with Crippen LogP contribution < -0.4 is 5.73 Å². The summed E-state index contributed by atoms with van der Waals surface area (Å²) in [6.07, 6.45) is 3.69. The minimum absolute atomic E-state index is 0.260. The second kappa shape index (κ2) is 4.36. The summed E-state index contributed by atoms with van der Waals surface area (Å²) in [6.45, 7) is 4.50. The van der Waals surface area contributed by atoms with Crippen molar-refractivity contribution in [3.63, 3.8) is 0 Å². The Morgan fingerprint density at radius 2 is 1.93 bits per heavy atom. The molecule has 82 valence electrons. The van der Waals surface area contributed by atoms with Crippen molar-refractivity contribution in [1.82, 2.24) is 0 Å². The Bertz CT molecular complexity index is 315. The number of aryl methyl sites for hydroxylation is 1. The fourth-order valence-corrected chi connectivity index (χ4v) is 2.29. The Morgan fingerprint density at radius 1 is 1.33 bits per heavy atom. The summed E-state index contributed by atoms with van der Waals surface area (Å²) in [6, 6.07) is 9.13. The molecule has 3 atom stereocenters. The van der Waals surface area contributed by atoms with E-state index in [-0.39, 0.29) is 6.04 Å². The molecular formula is C14H21N. The van der Waals surface area contributed by atoms with Crippen LogP contribution in [0.5, 0.6) is 0 Å². The molecule has 1 saturated carbocycles. The third kappa shape index (κ3) is 2.40. The summed E-state index contributed by atoms with van der Waals surface area (Å²) in [5.74, 6) is 1.55. The van der Waals surface area contributed by atoms with E-state index < -0.39 is 0 Å². The molecule has 0 heterocycles. The zero-order valence-electron chi connectivity index (χ0n) is 9.74. The first-order chi connectivity index (χ1) is 7.22. The Labute approximate surface area is 92.7 Å². The van der Waals surface area contributed by atoms with E-state index in [2.05, 4.69) is 38.1 Å². The molecule has 1 aromatic rings. The van der Waals surface area contributed by atoms with Crippen LogP contribution in [0.3, 0.4) is 0 Å². The SMILES string of the molecule is CCCc1ccc(C(N)C2CC2C)cc1. The largest absolute Gasteiger partial charge is 0.324 e. The van der Waals surface area contributed by atoms with Crippen molar-refractivity contribution in [2.75, 3.05) is 0 Å². The monoisotopic (exact) mass is 203 g/mol. The fraction of sp³-hybridized carbons (Fsp3) is 0.571. The summed E-state index contributed by atoms with van der Waals surface area (Å²) < 4.78 is 0. The van der Waals surface area contributed by atoms with Crippen LogP contribution in [0.25, 0.3) is 0 Å². The van der Waals surface area contributed by atoms with Crippen LogP contribution >= 0.6 is 0 Å². The van der Waals surface area contributed by atoms with Gasteiger partial charge in [-0.1, -0.05) is 44.5 Å². The van der Waals surface area contributed by atoms with Crippen molar-refractivity contribution < 1.29 is 0 Å². The molecule has 2 N–H and O–H groups in total. The highest BCUT2D eigenvalue weighted by Gasteiger charge is 2.38. The van der Waals surface area contributed by atoms with Gasteiger partial charge in [-0.2, -0.15) is 0 Å². The van der Waals surface area contributed by atoms with Crippen LogP contribution in [0, 0.1) is 11.8 Å². The fourth-order valence-electron chi connectivity index (χ4n) is 2.29. The van der Waals surface area contributed by atoms with Crippen LogP contribution in [0.2, 0.25) is 0 Å². The maximum Gasteiger partial charge on any atom is 0.0326 e. The van der Waals surface area contributed by atoms with Gasteiger partial charge in [0.1, 0.15) is 0 Å². The number of nitrogens with two attached hydrogens (primary N) is 1. The smallest absolute Gasteiger partial charge is 0.0326 e. The molecule has 0 saturated heterocycles. The van der Waals surface area contributed by atoms with Gasteiger partial charge in [0.25, 0.3) is 0 Å². The second-order valence-electron chi connectivity index (χ2n) is 4.89. The third-order valence-corrected chi connectivity index (χ3v) is 3.54. The molecule has 1 aliphatic carbocycles. The standard InChI is InChI=1S/C14H21N/c1-3-4-11-5-7-12(8-6-11)14(15)13-9-10(13)2/h5-8,10,13-14H,3-4,9,15H2,1-2H3. The van der Waals surface area contributed by atoms with E-state index in [0.29, 0.717) is 0 Å². The van der Waals surface area contributed by atoms with Gasteiger partial charge in [0.2, 0.25) is 0 Å². The van der Waals surface area contributed by atoms with Gasteiger partial charge in [0.05, 0.1) is 0 Å². The van der Waals surface area contributed by atoms with Crippen molar-refractivity contribution >= 4 is 0 Å². The van der Waals surface area contributed by atoms with Gasteiger partial charge in [0, 0.05) is 6.04 Å². The predicted molar refractivity (Wildman–Crippen MR) is 64.6 cm³/mol. The van der Waals surface area contributed by atoms with Crippen LogP contribution in [-0.4, -0.2) is 0 Å². The summed E-state index contributed by atoms with van der Waals surface area (Å²) >= 11 is 0. The molecule has 2 rings (SSSR count). The summed E-state index contributed by atoms with van der Waals surface area (Å²) in [5.41, 5.74) is 8.95. The van der Waals surface area contributed by atoms with E-state index in [4.69, 9.17) is 5.73 Å². The summed E-state index contributed by atoms with van der Waals surface area (Å²) in [7, 11) is 0. The first kappa shape index (κ1) is 10.7. The van der Waals surface area contributed by atoms with Gasteiger partial charge >= 0.3 is 0 Å². The lowest BCUT2D eigenvalue weighted by Gasteiger charge is -2.11. The molecule has 0 aliphatic heterocycles. The highest BCUT2D eigenvalue weighted by molar-refractivity contribution is 5.26. The zero-order chi connectivity index (χ0) is 10.8. The van der Waals surface area contributed by atoms with Crippen LogP contribution in [0.1, 0.15) is 43.9 Å². The maximum atomic E-state index is 6.21. The summed E-state index contributed by atoms with van der Waals surface area (Å²) in [4.78, 5) is 0. The lowest BCUT2D eigenvalue weighted by atomic mass is 10.00. The lowest BCUT2D eigenvalue weighted by molar-refractivity contribution is 0.593. The molecule has 1 aromatic carbocycles. The molecule has 1 fully saturated rings. The first-order valence-electron chi connectivity index (χ1n) is 6.06. The highest BCUT2D eigenvalue weighted by Crippen LogP contribution is 2.45. The third-order valence-electron chi connectivity index (χ3n) is 3.54. The van der Waals surface area contributed by atoms with E-state index in [1.54, 1.807) is 0 Å². The van der Waals surface area contributed by atoms with E-state index >= 15 is 0 Å². The molecule has 0 spiro atoms. The van der Waals surface area contributed by atoms with Crippen LogP contribution in [-0.2, 0) is 6.42 Å². The first-order valence-corrected chi connectivity index (χ1v) is 6.06. The van der Waals surface area contributed by atoms with Crippen molar-refractivity contribution in [3.8, 4) is 0 Å². The van der Waals surface area contributed by atoms with Gasteiger partial charge in [-0.25, -0.2) is 0 Å². The molecule has 3 unspecified atom stereocenters.